The van der Waals surface area contributed by atoms with Crippen LogP contribution in [0.2, 0.25) is 0 Å². The van der Waals surface area contributed by atoms with Gasteiger partial charge in [0, 0.05) is 18.3 Å². The Bertz CT molecular complexity index is 1190. The summed E-state index contributed by atoms with van der Waals surface area (Å²) >= 11 is 0. The lowest BCUT2D eigenvalue weighted by atomic mass is 10.2. The summed E-state index contributed by atoms with van der Waals surface area (Å²) in [6, 6.07) is 5.39. The van der Waals surface area contributed by atoms with E-state index in [0.29, 0.717) is 11.4 Å². The van der Waals surface area contributed by atoms with Crippen LogP contribution in [-0.2, 0) is 16.0 Å². The molecule has 0 aliphatic heterocycles. The van der Waals surface area contributed by atoms with E-state index in [0.717, 1.165) is 0 Å². The Hall–Kier alpha value is -3.96. The fourth-order valence-electron chi connectivity index (χ4n) is 2.97. The summed E-state index contributed by atoms with van der Waals surface area (Å²) in [5.74, 6) is -0.464. The normalized spacial score (nSPS) is 12.2. The third-order valence-electron chi connectivity index (χ3n) is 4.41. The predicted molar refractivity (Wildman–Crippen MR) is 122 cm³/mol. The summed E-state index contributed by atoms with van der Waals surface area (Å²) in [7, 11) is 0. The molecule has 2 aromatic heterocycles. The molecular weight excluding hydrogens is 464 g/mol. The van der Waals surface area contributed by atoms with Crippen LogP contribution in [0.4, 0.5) is 19.4 Å². The number of anilines is 1. The minimum atomic E-state index is -1.84. The first-order valence-corrected chi connectivity index (χ1v) is 10.9. The third-order valence-corrected chi connectivity index (χ3v) is 4.41. The Morgan fingerprint density at radius 2 is 2.00 bits per heavy atom. The van der Waals surface area contributed by atoms with Crippen LogP contribution < -0.4 is 15.4 Å². The lowest BCUT2D eigenvalue weighted by Crippen LogP contribution is -2.39. The maximum Gasteiger partial charge on any atom is 0.410 e. The topological polar surface area (TPSA) is 116 Å². The van der Waals surface area contributed by atoms with Crippen molar-refractivity contribution in [2.45, 2.75) is 46.1 Å². The number of carbonyl (C=O) groups is 2. The zero-order valence-electron chi connectivity index (χ0n) is 19.8. The molecule has 1 atom stereocenters. The Balaban J connectivity index is 1.66. The third kappa shape index (κ3) is 7.26. The summed E-state index contributed by atoms with van der Waals surface area (Å²) in [6.45, 7) is 6.45. The number of alkyl halides is 1. The van der Waals surface area contributed by atoms with Crippen molar-refractivity contribution in [2.75, 3.05) is 18.5 Å². The number of nitrogens with one attached hydrogen (secondary N) is 2. The van der Waals surface area contributed by atoms with Gasteiger partial charge in [-0.1, -0.05) is 0 Å². The Morgan fingerprint density at radius 1 is 1.23 bits per heavy atom. The largest absolute Gasteiger partial charge is 0.488 e. The minimum absolute atomic E-state index is 0.0790. The molecule has 1 aromatic carbocycles. The molecule has 0 saturated carbocycles. The van der Waals surface area contributed by atoms with Gasteiger partial charge in [-0.05, 0) is 52.0 Å². The summed E-state index contributed by atoms with van der Waals surface area (Å²) in [5.41, 5.74) is 0.107. The highest BCUT2D eigenvalue weighted by atomic mass is 19.1. The molecule has 0 fully saturated rings. The molecule has 2 N–H and O–H groups in total. The molecule has 188 valence electrons. The molecule has 35 heavy (non-hydrogen) atoms. The van der Waals surface area contributed by atoms with Crippen LogP contribution in [0, 0.1) is 5.82 Å². The first-order valence-electron chi connectivity index (χ1n) is 10.9. The number of hydrogen-bond donors (Lipinski definition) is 2. The highest BCUT2D eigenvalue weighted by molar-refractivity contribution is 5.95. The molecule has 0 radical (unpaired) electrons. The van der Waals surface area contributed by atoms with Crippen molar-refractivity contribution in [3.05, 3.63) is 53.6 Å². The van der Waals surface area contributed by atoms with Gasteiger partial charge in [0.25, 0.3) is 0 Å². The molecule has 0 unspecified atom stereocenters. The standard InChI is InChI=1S/C23H27F2N5O5/c1-5-33-21(31)16-12-27-30-9-8-19(29-20(16)30)26-11-14-10-15(24)6-7-17(14)34-13-18(25)28-22(32)35-23(2,3)4/h6-10,12,18H,5,11,13H2,1-4H3,(H,26,29)(H,28,32)/t18-/m0/s1. The second-order valence-electron chi connectivity index (χ2n) is 8.39. The van der Waals surface area contributed by atoms with Gasteiger partial charge in [0.15, 0.2) is 5.65 Å². The van der Waals surface area contributed by atoms with E-state index in [9.17, 15) is 18.4 Å². The highest BCUT2D eigenvalue weighted by Crippen LogP contribution is 2.22. The Morgan fingerprint density at radius 3 is 2.71 bits per heavy atom. The van der Waals surface area contributed by atoms with E-state index in [1.165, 1.54) is 28.9 Å². The van der Waals surface area contributed by atoms with E-state index >= 15 is 0 Å². The molecule has 1 amide bonds. The Labute approximate surface area is 200 Å². The first kappa shape index (κ1) is 25.7. The van der Waals surface area contributed by atoms with E-state index in [1.807, 2.05) is 5.32 Å². The van der Waals surface area contributed by atoms with E-state index in [1.54, 1.807) is 40.0 Å². The molecule has 12 heteroatoms. The number of fused-ring (bicyclic) bond motifs is 1. The van der Waals surface area contributed by atoms with Crippen LogP contribution in [0.15, 0.2) is 36.7 Å². The second kappa shape index (κ2) is 11.0. The van der Waals surface area contributed by atoms with Gasteiger partial charge in [-0.25, -0.2) is 27.9 Å². The van der Waals surface area contributed by atoms with Crippen molar-refractivity contribution < 1.29 is 32.6 Å². The van der Waals surface area contributed by atoms with Gasteiger partial charge in [0.2, 0.25) is 6.30 Å². The summed E-state index contributed by atoms with van der Waals surface area (Å²) in [6.07, 6.45) is 0.203. The highest BCUT2D eigenvalue weighted by Gasteiger charge is 2.20. The SMILES string of the molecule is CCOC(=O)c1cnn2ccc(NCc3cc(F)ccc3OC[C@@H](F)NC(=O)OC(C)(C)C)nc12. The predicted octanol–water partition coefficient (Wildman–Crippen LogP) is 3.86. The molecule has 2 heterocycles. The number of benzene rings is 1. The smallest absolute Gasteiger partial charge is 0.410 e. The van der Waals surface area contributed by atoms with Crippen LogP contribution in [0.3, 0.4) is 0 Å². The number of nitrogens with zero attached hydrogens (tertiary/aromatic N) is 3. The van der Waals surface area contributed by atoms with Crippen molar-refractivity contribution in [3.8, 4) is 5.75 Å². The average molecular weight is 491 g/mol. The maximum atomic E-state index is 14.2. The molecule has 3 rings (SSSR count). The maximum absolute atomic E-state index is 14.2. The number of amides is 1. The van der Waals surface area contributed by atoms with Crippen molar-refractivity contribution in [1.82, 2.24) is 19.9 Å². The average Bonchev–Trinajstić information content (AvgIpc) is 3.19. The summed E-state index contributed by atoms with van der Waals surface area (Å²) in [5, 5.41) is 9.12. The zero-order valence-corrected chi connectivity index (χ0v) is 19.8. The molecule has 0 aliphatic carbocycles. The molecule has 10 nitrogen and oxygen atoms in total. The minimum Gasteiger partial charge on any atom is -0.488 e. The van der Waals surface area contributed by atoms with Crippen LogP contribution >= 0.6 is 0 Å². The van der Waals surface area contributed by atoms with Gasteiger partial charge >= 0.3 is 12.1 Å². The summed E-state index contributed by atoms with van der Waals surface area (Å²) in [4.78, 5) is 28.2. The number of rotatable bonds is 9. The van der Waals surface area contributed by atoms with Gasteiger partial charge in [-0.3, -0.25) is 5.32 Å². The Kier molecular flexibility index (Phi) is 8.05. The lowest BCUT2D eigenvalue weighted by Gasteiger charge is -2.21. The molecular formula is C23H27F2N5O5. The van der Waals surface area contributed by atoms with Crippen molar-refractivity contribution in [2.24, 2.45) is 0 Å². The van der Waals surface area contributed by atoms with E-state index < -0.39 is 36.4 Å². The molecule has 0 spiro atoms. The number of aromatic nitrogens is 3. The summed E-state index contributed by atoms with van der Waals surface area (Å²) < 4.78 is 44.9. The van der Waals surface area contributed by atoms with Crippen LogP contribution in [0.25, 0.3) is 5.65 Å². The van der Waals surface area contributed by atoms with Gasteiger partial charge in [0.05, 0.1) is 12.8 Å². The van der Waals surface area contributed by atoms with Crippen molar-refractivity contribution in [3.63, 3.8) is 0 Å². The van der Waals surface area contributed by atoms with E-state index in [4.69, 9.17) is 14.2 Å². The van der Waals surface area contributed by atoms with Gasteiger partial charge in [0.1, 0.15) is 35.2 Å². The molecule has 0 saturated heterocycles. The number of halogens is 2. The van der Waals surface area contributed by atoms with Crippen LogP contribution in [-0.4, -0.2) is 51.8 Å². The quantitative estimate of drug-likeness (QED) is 0.343. The van der Waals surface area contributed by atoms with Gasteiger partial charge in [-0.15, -0.1) is 0 Å². The number of esters is 1. The second-order valence-corrected chi connectivity index (χ2v) is 8.39. The molecule has 0 bridgehead atoms. The molecule has 0 aliphatic rings. The molecule has 3 aromatic rings. The fourth-order valence-corrected chi connectivity index (χ4v) is 2.97. The van der Waals surface area contributed by atoms with Crippen molar-refractivity contribution in [1.29, 1.82) is 0 Å². The number of hydrogen-bond acceptors (Lipinski definition) is 8. The lowest BCUT2D eigenvalue weighted by molar-refractivity contribution is 0.0411. The van der Waals surface area contributed by atoms with Crippen LogP contribution in [0.1, 0.15) is 43.6 Å². The fraction of sp³-hybridized carbons (Fsp3) is 0.391. The van der Waals surface area contributed by atoms with Gasteiger partial charge in [-0.2, -0.15) is 5.10 Å². The number of alkyl carbamates (subject to hydrolysis) is 1. The van der Waals surface area contributed by atoms with Crippen molar-refractivity contribution >= 4 is 23.5 Å². The van der Waals surface area contributed by atoms with E-state index in [-0.39, 0.29) is 30.1 Å². The van der Waals surface area contributed by atoms with E-state index in [2.05, 4.69) is 15.4 Å². The zero-order chi connectivity index (χ0) is 25.6. The van der Waals surface area contributed by atoms with Gasteiger partial charge < -0.3 is 19.5 Å². The number of carbonyl (C=O) groups excluding carboxylic acids is 2. The number of ether oxygens (including phenoxy) is 3. The monoisotopic (exact) mass is 491 g/mol. The van der Waals surface area contributed by atoms with Crippen LogP contribution in [0.5, 0.6) is 5.75 Å². The first-order chi connectivity index (χ1) is 16.6.